The minimum atomic E-state index is -3.76. The molecule has 0 aromatic heterocycles. The zero-order valence-electron chi connectivity index (χ0n) is 14.0. The van der Waals surface area contributed by atoms with Crippen molar-refractivity contribution < 1.29 is 22.5 Å². The number of likely N-dealkylation sites (N-methyl/N-ethyl adjacent to an activating group) is 1. The number of nitrogens with two attached hydrogens (primary N) is 1. The summed E-state index contributed by atoms with van der Waals surface area (Å²) < 4.78 is 35.4. The summed E-state index contributed by atoms with van der Waals surface area (Å²) >= 11 is 0. The van der Waals surface area contributed by atoms with Crippen LogP contribution in [-0.2, 0) is 21.4 Å². The third-order valence-corrected chi connectivity index (χ3v) is 4.91. The van der Waals surface area contributed by atoms with Crippen molar-refractivity contribution in [3.63, 3.8) is 0 Å². The molecule has 2 aromatic carbocycles. The number of halogens is 1. The van der Waals surface area contributed by atoms with Gasteiger partial charge in [-0.1, -0.05) is 12.1 Å². The van der Waals surface area contributed by atoms with E-state index in [1.165, 1.54) is 36.4 Å². The molecule has 0 aliphatic carbocycles. The van der Waals surface area contributed by atoms with Gasteiger partial charge in [0.05, 0.1) is 11.9 Å². The van der Waals surface area contributed by atoms with E-state index in [0.29, 0.717) is 12.2 Å². The maximum absolute atomic E-state index is 12.9. The van der Waals surface area contributed by atoms with Gasteiger partial charge in [0.15, 0.2) is 6.04 Å². The lowest BCUT2D eigenvalue weighted by atomic mass is 10.2. The summed E-state index contributed by atoms with van der Waals surface area (Å²) in [5, 5.41) is 7.78. The van der Waals surface area contributed by atoms with Gasteiger partial charge in [0.25, 0.3) is 5.91 Å². The van der Waals surface area contributed by atoms with E-state index in [1.807, 2.05) is 7.05 Å². The van der Waals surface area contributed by atoms with Gasteiger partial charge >= 0.3 is 0 Å². The van der Waals surface area contributed by atoms with Gasteiger partial charge in [-0.05, 0) is 43.3 Å². The summed E-state index contributed by atoms with van der Waals surface area (Å²) in [5.74, 6) is -0.502. The van der Waals surface area contributed by atoms with Crippen molar-refractivity contribution in [1.29, 1.82) is 0 Å². The lowest BCUT2D eigenvalue weighted by molar-refractivity contribution is -0.907. The maximum atomic E-state index is 12.9. The fraction of sp³-hybridized carbons (Fsp3) is 0.235. The van der Waals surface area contributed by atoms with Crippen LogP contribution in [0.2, 0.25) is 0 Å². The van der Waals surface area contributed by atoms with E-state index in [9.17, 15) is 17.6 Å². The van der Waals surface area contributed by atoms with E-state index in [1.54, 1.807) is 19.1 Å². The van der Waals surface area contributed by atoms with Crippen molar-refractivity contribution in [3.05, 3.63) is 59.9 Å². The van der Waals surface area contributed by atoms with Crippen LogP contribution in [0.4, 0.5) is 10.1 Å². The van der Waals surface area contributed by atoms with Crippen LogP contribution in [0.15, 0.2) is 53.4 Å². The van der Waals surface area contributed by atoms with Crippen molar-refractivity contribution in [2.45, 2.75) is 24.4 Å². The molecule has 0 fully saturated rings. The molecule has 1 unspecified atom stereocenters. The minimum Gasteiger partial charge on any atom is -0.324 e. The predicted molar refractivity (Wildman–Crippen MR) is 92.9 cm³/mol. The fourth-order valence-electron chi connectivity index (χ4n) is 2.28. The number of nitrogens with one attached hydrogen (secondary N) is 2. The number of sulfonamides is 1. The topological polar surface area (TPSA) is 93.7 Å². The smallest absolute Gasteiger partial charge is 0.282 e. The average Bonchev–Trinajstić information content (AvgIpc) is 2.55. The van der Waals surface area contributed by atoms with Crippen molar-refractivity contribution in [2.75, 3.05) is 12.4 Å². The predicted octanol–water partition coefficient (Wildman–Crippen LogP) is 0.515. The highest BCUT2D eigenvalue weighted by Crippen LogP contribution is 2.12. The Morgan fingerprint density at radius 3 is 2.24 bits per heavy atom. The average molecular weight is 366 g/mol. The van der Waals surface area contributed by atoms with Crippen LogP contribution in [0, 0.1) is 5.82 Å². The third kappa shape index (κ3) is 5.35. The molecule has 0 bridgehead atoms. The Labute approximate surface area is 146 Å². The number of carbonyl (C=O) groups is 1. The molecule has 6 nitrogen and oxygen atoms in total. The second-order valence-electron chi connectivity index (χ2n) is 5.93. The first-order valence-electron chi connectivity index (χ1n) is 7.67. The van der Waals surface area contributed by atoms with Crippen molar-refractivity contribution in [3.8, 4) is 0 Å². The number of primary sulfonamides is 1. The largest absolute Gasteiger partial charge is 0.324 e. The first kappa shape index (κ1) is 19.0. The highest BCUT2D eigenvalue weighted by atomic mass is 32.2. The summed E-state index contributed by atoms with van der Waals surface area (Å²) in [4.78, 5) is 13.3. The molecule has 0 saturated heterocycles. The molecule has 25 heavy (non-hydrogen) atoms. The molecular weight excluding hydrogens is 345 g/mol. The summed E-state index contributed by atoms with van der Waals surface area (Å²) in [6.07, 6.45) is 0. The second kappa shape index (κ2) is 7.73. The molecule has 2 aromatic rings. The van der Waals surface area contributed by atoms with Crippen LogP contribution < -0.4 is 15.4 Å². The minimum absolute atomic E-state index is 0.0161. The summed E-state index contributed by atoms with van der Waals surface area (Å²) in [7, 11) is -1.89. The summed E-state index contributed by atoms with van der Waals surface area (Å²) in [5.41, 5.74) is 1.41. The lowest BCUT2D eigenvalue weighted by Crippen LogP contribution is -3.12. The Bertz CT molecular complexity index is 836. The zero-order chi connectivity index (χ0) is 18.6. The molecule has 134 valence electrons. The molecular formula is C17H21FN3O3S+. The number of hydrogen-bond acceptors (Lipinski definition) is 3. The number of hydrogen-bond donors (Lipinski definition) is 3. The number of amides is 1. The molecule has 0 heterocycles. The van der Waals surface area contributed by atoms with E-state index >= 15 is 0 Å². The number of benzene rings is 2. The van der Waals surface area contributed by atoms with E-state index in [2.05, 4.69) is 5.32 Å². The van der Waals surface area contributed by atoms with Crippen LogP contribution in [0.25, 0.3) is 0 Å². The quantitative estimate of drug-likeness (QED) is 0.696. The van der Waals surface area contributed by atoms with Gasteiger partial charge in [0.1, 0.15) is 12.4 Å². The van der Waals surface area contributed by atoms with Gasteiger partial charge in [0, 0.05) is 11.3 Å². The monoisotopic (exact) mass is 366 g/mol. The fourth-order valence-corrected chi connectivity index (χ4v) is 2.80. The van der Waals surface area contributed by atoms with E-state index in [4.69, 9.17) is 5.14 Å². The molecule has 2 atom stereocenters. The highest BCUT2D eigenvalue weighted by Gasteiger charge is 2.22. The van der Waals surface area contributed by atoms with Gasteiger partial charge < -0.3 is 10.2 Å². The number of carbonyl (C=O) groups excluding carboxylic acids is 1. The van der Waals surface area contributed by atoms with Crippen LogP contribution in [-0.4, -0.2) is 27.4 Å². The number of anilines is 1. The van der Waals surface area contributed by atoms with Gasteiger partial charge in [-0.2, -0.15) is 0 Å². The Kier molecular flexibility index (Phi) is 5.89. The summed E-state index contributed by atoms with van der Waals surface area (Å²) in [6.45, 7) is 2.35. The molecule has 0 saturated carbocycles. The molecule has 0 aliphatic rings. The Morgan fingerprint density at radius 2 is 1.72 bits per heavy atom. The number of quaternary nitrogens is 1. The molecule has 0 spiro atoms. The Balaban J connectivity index is 1.98. The lowest BCUT2D eigenvalue weighted by Gasteiger charge is -2.21. The van der Waals surface area contributed by atoms with Gasteiger partial charge in [-0.15, -0.1) is 0 Å². The van der Waals surface area contributed by atoms with Crippen LogP contribution >= 0.6 is 0 Å². The Morgan fingerprint density at radius 1 is 1.16 bits per heavy atom. The van der Waals surface area contributed by atoms with Gasteiger partial charge in [0.2, 0.25) is 10.0 Å². The first-order chi connectivity index (χ1) is 11.7. The van der Waals surface area contributed by atoms with E-state index in [-0.39, 0.29) is 22.7 Å². The standard InChI is InChI=1S/C17H20FN3O3S/c1-12(21(2)11-13-3-5-14(18)6-4-13)17(22)20-15-7-9-16(10-8-15)25(19,23)24/h3-10,12H,11H2,1-2H3,(H,20,22)(H2,19,23,24)/p+1/t12-/m1/s1. The molecule has 4 N–H and O–H groups in total. The molecule has 2 rings (SSSR count). The van der Waals surface area contributed by atoms with Crippen LogP contribution in [0.1, 0.15) is 12.5 Å². The summed E-state index contributed by atoms with van der Waals surface area (Å²) in [6, 6.07) is 11.4. The van der Waals surface area contributed by atoms with Crippen LogP contribution in [0.5, 0.6) is 0 Å². The van der Waals surface area contributed by atoms with Crippen molar-refractivity contribution >= 4 is 21.6 Å². The van der Waals surface area contributed by atoms with E-state index in [0.717, 1.165) is 10.5 Å². The molecule has 8 heteroatoms. The normalized spacial score (nSPS) is 13.9. The maximum Gasteiger partial charge on any atom is 0.282 e. The second-order valence-corrected chi connectivity index (χ2v) is 7.49. The van der Waals surface area contributed by atoms with Crippen molar-refractivity contribution in [1.82, 2.24) is 0 Å². The Hall–Kier alpha value is -2.29. The zero-order valence-corrected chi connectivity index (χ0v) is 14.8. The van der Waals surface area contributed by atoms with Crippen LogP contribution in [0.3, 0.4) is 0 Å². The molecule has 0 aliphatic heterocycles. The third-order valence-electron chi connectivity index (χ3n) is 3.98. The van der Waals surface area contributed by atoms with Gasteiger partial charge in [-0.25, -0.2) is 17.9 Å². The van der Waals surface area contributed by atoms with Crippen molar-refractivity contribution in [2.24, 2.45) is 5.14 Å². The molecule has 0 radical (unpaired) electrons. The molecule has 1 amide bonds. The number of rotatable bonds is 6. The highest BCUT2D eigenvalue weighted by molar-refractivity contribution is 7.89. The van der Waals surface area contributed by atoms with Gasteiger partial charge in [-0.3, -0.25) is 4.79 Å². The SMILES string of the molecule is C[C@H](C(=O)Nc1ccc(S(N)(=O)=O)cc1)[NH+](C)Cc1ccc(F)cc1. The van der Waals surface area contributed by atoms with E-state index < -0.39 is 10.0 Å². The first-order valence-corrected chi connectivity index (χ1v) is 9.22.